The molecule has 0 aliphatic rings. The highest BCUT2D eigenvalue weighted by Crippen LogP contribution is 2.24. The van der Waals surface area contributed by atoms with E-state index in [9.17, 15) is 9.59 Å². The fraction of sp³-hybridized carbons (Fsp3) is 0.316. The molecule has 1 aromatic heterocycles. The standard InChI is InChI=1S/C19H22ClN3O3/c1-12(2)26-18-16(20)9-15(10-22-18)19(25)23(4)11-13-5-7-14(8-6-13)17(24)21-3/h5-10,12H,11H2,1-4H3,(H,21,24). The van der Waals surface area contributed by atoms with Crippen LogP contribution in [0.3, 0.4) is 0 Å². The number of benzene rings is 1. The second kappa shape index (κ2) is 8.67. The minimum absolute atomic E-state index is 0.0537. The second-order valence-electron chi connectivity index (χ2n) is 6.11. The van der Waals surface area contributed by atoms with E-state index in [4.69, 9.17) is 16.3 Å². The van der Waals surface area contributed by atoms with E-state index < -0.39 is 0 Å². The molecule has 0 saturated heterocycles. The average molecular weight is 376 g/mol. The van der Waals surface area contributed by atoms with Gasteiger partial charge in [-0.1, -0.05) is 23.7 Å². The van der Waals surface area contributed by atoms with Gasteiger partial charge in [-0.05, 0) is 37.6 Å². The molecule has 26 heavy (non-hydrogen) atoms. The minimum Gasteiger partial charge on any atom is -0.474 e. The van der Waals surface area contributed by atoms with Crippen LogP contribution >= 0.6 is 11.6 Å². The third-order valence-electron chi connectivity index (χ3n) is 3.61. The van der Waals surface area contributed by atoms with Crippen molar-refractivity contribution in [1.82, 2.24) is 15.2 Å². The molecule has 2 amide bonds. The Morgan fingerprint density at radius 1 is 1.23 bits per heavy atom. The van der Waals surface area contributed by atoms with Gasteiger partial charge in [0.1, 0.15) is 5.02 Å². The van der Waals surface area contributed by atoms with Crippen molar-refractivity contribution in [2.45, 2.75) is 26.5 Å². The maximum absolute atomic E-state index is 12.6. The molecule has 0 fully saturated rings. The summed E-state index contributed by atoms with van der Waals surface area (Å²) in [7, 11) is 3.28. The van der Waals surface area contributed by atoms with Crippen molar-refractivity contribution in [1.29, 1.82) is 0 Å². The highest BCUT2D eigenvalue weighted by atomic mass is 35.5. The van der Waals surface area contributed by atoms with E-state index >= 15 is 0 Å². The molecule has 0 saturated carbocycles. The molecule has 0 aliphatic carbocycles. The topological polar surface area (TPSA) is 71.5 Å². The van der Waals surface area contributed by atoms with Gasteiger partial charge in [0.05, 0.1) is 11.7 Å². The van der Waals surface area contributed by atoms with E-state index in [0.717, 1.165) is 5.56 Å². The van der Waals surface area contributed by atoms with Crippen LogP contribution in [-0.4, -0.2) is 41.9 Å². The summed E-state index contributed by atoms with van der Waals surface area (Å²) in [5.41, 5.74) is 1.87. The van der Waals surface area contributed by atoms with Crippen molar-refractivity contribution < 1.29 is 14.3 Å². The molecule has 1 aromatic carbocycles. The molecule has 2 aromatic rings. The van der Waals surface area contributed by atoms with Crippen LogP contribution in [0, 0.1) is 0 Å². The molecule has 6 nitrogen and oxygen atoms in total. The zero-order chi connectivity index (χ0) is 19.3. The number of halogens is 1. The number of carbonyl (C=O) groups excluding carboxylic acids is 2. The number of hydrogen-bond donors (Lipinski definition) is 1. The molecule has 1 N–H and O–H groups in total. The fourth-order valence-corrected chi connectivity index (χ4v) is 2.54. The first-order chi connectivity index (χ1) is 12.3. The van der Waals surface area contributed by atoms with Gasteiger partial charge in [0.2, 0.25) is 5.88 Å². The summed E-state index contributed by atoms with van der Waals surface area (Å²) in [5.74, 6) is -0.0399. The van der Waals surface area contributed by atoms with Crippen molar-refractivity contribution in [3.63, 3.8) is 0 Å². The summed E-state index contributed by atoms with van der Waals surface area (Å²) in [6, 6.07) is 8.64. The van der Waals surface area contributed by atoms with Gasteiger partial charge in [-0.15, -0.1) is 0 Å². The zero-order valence-electron chi connectivity index (χ0n) is 15.2. The maximum Gasteiger partial charge on any atom is 0.255 e. The lowest BCUT2D eigenvalue weighted by Crippen LogP contribution is -2.26. The summed E-state index contributed by atoms with van der Waals surface area (Å²) in [6.45, 7) is 4.15. The van der Waals surface area contributed by atoms with E-state index in [-0.39, 0.29) is 17.9 Å². The molecule has 0 spiro atoms. The van der Waals surface area contributed by atoms with Gasteiger partial charge in [-0.25, -0.2) is 4.98 Å². The molecule has 0 bridgehead atoms. The Morgan fingerprint density at radius 3 is 2.42 bits per heavy atom. The molecule has 0 unspecified atom stereocenters. The average Bonchev–Trinajstić information content (AvgIpc) is 2.62. The number of amides is 2. The molecular weight excluding hydrogens is 354 g/mol. The second-order valence-corrected chi connectivity index (χ2v) is 6.52. The summed E-state index contributed by atoms with van der Waals surface area (Å²) in [4.78, 5) is 29.8. The van der Waals surface area contributed by atoms with Crippen LogP contribution in [-0.2, 0) is 6.54 Å². The summed E-state index contributed by atoms with van der Waals surface area (Å²) >= 11 is 6.15. The van der Waals surface area contributed by atoms with Gasteiger partial charge in [-0.2, -0.15) is 0 Å². The third-order valence-corrected chi connectivity index (χ3v) is 3.88. The lowest BCUT2D eigenvalue weighted by molar-refractivity contribution is 0.0784. The van der Waals surface area contributed by atoms with Crippen molar-refractivity contribution in [2.75, 3.05) is 14.1 Å². The molecule has 138 valence electrons. The molecule has 1 heterocycles. The first-order valence-electron chi connectivity index (χ1n) is 8.20. The predicted molar refractivity (Wildman–Crippen MR) is 101 cm³/mol. The monoisotopic (exact) mass is 375 g/mol. The smallest absolute Gasteiger partial charge is 0.255 e. The first-order valence-corrected chi connectivity index (χ1v) is 8.58. The molecular formula is C19H22ClN3O3. The molecule has 0 radical (unpaired) electrons. The number of aromatic nitrogens is 1. The minimum atomic E-state index is -0.203. The van der Waals surface area contributed by atoms with Crippen LogP contribution in [0.2, 0.25) is 5.02 Å². The van der Waals surface area contributed by atoms with Crippen molar-refractivity contribution in [3.05, 3.63) is 58.2 Å². The van der Waals surface area contributed by atoms with E-state index in [1.165, 1.54) is 6.20 Å². The Morgan fingerprint density at radius 2 is 1.88 bits per heavy atom. The number of carbonyl (C=O) groups is 2. The summed E-state index contributed by atoms with van der Waals surface area (Å²) in [5, 5.41) is 2.87. The molecule has 0 aliphatic heterocycles. The van der Waals surface area contributed by atoms with Crippen LogP contribution < -0.4 is 10.1 Å². The van der Waals surface area contributed by atoms with Crippen LogP contribution in [0.15, 0.2) is 36.5 Å². The van der Waals surface area contributed by atoms with Gasteiger partial charge >= 0.3 is 0 Å². The van der Waals surface area contributed by atoms with Crippen LogP contribution in [0.1, 0.15) is 40.1 Å². The Hall–Kier alpha value is -2.60. The van der Waals surface area contributed by atoms with E-state index in [1.54, 1.807) is 37.2 Å². The number of hydrogen-bond acceptors (Lipinski definition) is 4. The Bertz CT molecular complexity index is 791. The number of nitrogens with zero attached hydrogens (tertiary/aromatic N) is 2. The quantitative estimate of drug-likeness (QED) is 0.841. The van der Waals surface area contributed by atoms with Gasteiger partial charge < -0.3 is 15.0 Å². The third kappa shape index (κ3) is 4.95. The Labute approximate surface area is 158 Å². The summed E-state index contributed by atoms with van der Waals surface area (Å²) < 4.78 is 5.47. The molecule has 2 rings (SSSR count). The Balaban J connectivity index is 2.07. The van der Waals surface area contributed by atoms with Crippen molar-refractivity contribution in [2.24, 2.45) is 0 Å². The highest BCUT2D eigenvalue weighted by molar-refractivity contribution is 6.32. The van der Waals surface area contributed by atoms with Gasteiger partial charge in [-0.3, -0.25) is 9.59 Å². The Kier molecular flexibility index (Phi) is 6.58. The maximum atomic E-state index is 12.6. The van der Waals surface area contributed by atoms with Gasteiger partial charge in [0, 0.05) is 32.4 Å². The van der Waals surface area contributed by atoms with Gasteiger partial charge in [0.25, 0.3) is 11.8 Å². The number of pyridine rings is 1. The largest absolute Gasteiger partial charge is 0.474 e. The predicted octanol–water partition coefficient (Wildman–Crippen LogP) is 3.15. The normalized spacial score (nSPS) is 10.5. The highest BCUT2D eigenvalue weighted by Gasteiger charge is 2.16. The lowest BCUT2D eigenvalue weighted by Gasteiger charge is -2.18. The van der Waals surface area contributed by atoms with E-state index in [1.807, 2.05) is 26.0 Å². The van der Waals surface area contributed by atoms with E-state index in [0.29, 0.717) is 28.6 Å². The SMILES string of the molecule is CNC(=O)c1ccc(CN(C)C(=O)c2cnc(OC(C)C)c(Cl)c2)cc1. The first kappa shape index (κ1) is 19.7. The van der Waals surface area contributed by atoms with E-state index in [2.05, 4.69) is 10.3 Å². The van der Waals surface area contributed by atoms with Crippen LogP contribution in [0.4, 0.5) is 0 Å². The number of rotatable bonds is 6. The number of nitrogens with one attached hydrogen (secondary N) is 1. The number of ether oxygens (including phenoxy) is 1. The van der Waals surface area contributed by atoms with Crippen LogP contribution in [0.25, 0.3) is 0 Å². The van der Waals surface area contributed by atoms with Crippen molar-refractivity contribution in [3.8, 4) is 5.88 Å². The molecule has 7 heteroatoms. The molecule has 0 atom stereocenters. The fourth-order valence-electron chi connectivity index (χ4n) is 2.32. The summed E-state index contributed by atoms with van der Waals surface area (Å²) in [6.07, 6.45) is 1.40. The van der Waals surface area contributed by atoms with Crippen molar-refractivity contribution >= 4 is 23.4 Å². The van der Waals surface area contributed by atoms with Crippen LogP contribution in [0.5, 0.6) is 5.88 Å². The lowest BCUT2D eigenvalue weighted by atomic mass is 10.1. The zero-order valence-corrected chi connectivity index (χ0v) is 16.0. The van der Waals surface area contributed by atoms with Gasteiger partial charge in [0.15, 0.2) is 0 Å².